The maximum atomic E-state index is 6.68. The van der Waals surface area contributed by atoms with Crippen LogP contribution < -0.4 is 5.73 Å². The summed E-state index contributed by atoms with van der Waals surface area (Å²) in [7, 11) is 0. The average Bonchev–Trinajstić information content (AvgIpc) is 3.58. The van der Waals surface area contributed by atoms with E-state index in [0.29, 0.717) is 37.9 Å². The molecule has 5 aromatic rings. The predicted molar refractivity (Wildman–Crippen MR) is 152 cm³/mol. The molecule has 1 aliphatic rings. The summed E-state index contributed by atoms with van der Waals surface area (Å²) in [5, 5.41) is 0.762. The molecule has 0 spiro atoms. The molecule has 2 aromatic heterocycles. The van der Waals surface area contributed by atoms with Crippen molar-refractivity contribution < 1.29 is 18.9 Å². The van der Waals surface area contributed by atoms with Gasteiger partial charge in [-0.1, -0.05) is 91.0 Å². The summed E-state index contributed by atoms with van der Waals surface area (Å²) in [6.07, 6.45) is 1.65. The van der Waals surface area contributed by atoms with Crippen molar-refractivity contribution >= 4 is 16.9 Å². The van der Waals surface area contributed by atoms with Gasteiger partial charge in [0.05, 0.1) is 31.8 Å². The number of nitrogen functional groups attached to an aromatic ring is 1. The molecule has 2 N–H and O–H groups in total. The fourth-order valence-corrected chi connectivity index (χ4v) is 5.04. The second-order valence-corrected chi connectivity index (χ2v) is 9.81. The lowest BCUT2D eigenvalue weighted by atomic mass is 10.1. The van der Waals surface area contributed by atoms with E-state index in [1.54, 1.807) is 0 Å². The molecule has 1 saturated heterocycles. The molecule has 6 rings (SSSR count). The lowest BCUT2D eigenvalue weighted by molar-refractivity contribution is -0.0913. The molecule has 1 fully saturated rings. The molecular weight excluding hydrogens is 504 g/mol. The zero-order valence-corrected chi connectivity index (χ0v) is 22.1. The van der Waals surface area contributed by atoms with E-state index < -0.39 is 18.4 Å². The van der Waals surface area contributed by atoms with E-state index in [-0.39, 0.29) is 6.10 Å². The molecule has 40 heavy (non-hydrogen) atoms. The normalized spacial score (nSPS) is 20.7. The molecule has 8 nitrogen and oxygen atoms in total. The van der Waals surface area contributed by atoms with Crippen LogP contribution in [0.25, 0.3) is 11.0 Å². The number of fused-ring (bicyclic) bond motifs is 1. The number of anilines is 1. The van der Waals surface area contributed by atoms with Crippen LogP contribution in [0.4, 0.5) is 5.82 Å². The Morgan fingerprint density at radius 2 is 1.27 bits per heavy atom. The molecule has 4 atom stereocenters. The van der Waals surface area contributed by atoms with Crippen molar-refractivity contribution in [3.63, 3.8) is 0 Å². The number of hydrogen-bond donors (Lipinski definition) is 1. The smallest absolute Gasteiger partial charge is 0.164 e. The van der Waals surface area contributed by atoms with Crippen molar-refractivity contribution in [2.45, 2.75) is 44.4 Å². The van der Waals surface area contributed by atoms with Crippen LogP contribution in [0, 0.1) is 0 Å². The van der Waals surface area contributed by atoms with Gasteiger partial charge >= 0.3 is 0 Å². The number of ether oxygens (including phenoxy) is 4. The van der Waals surface area contributed by atoms with E-state index in [4.69, 9.17) is 24.7 Å². The minimum Gasteiger partial charge on any atom is -0.383 e. The Bertz CT molecular complexity index is 1500. The quantitative estimate of drug-likeness (QED) is 0.245. The number of aromatic nitrogens is 3. The molecule has 204 valence electrons. The highest BCUT2D eigenvalue weighted by Crippen LogP contribution is 2.37. The number of nitrogens with two attached hydrogens (primary N) is 1. The van der Waals surface area contributed by atoms with E-state index in [9.17, 15) is 0 Å². The molecular formula is C32H32N4O4. The summed E-state index contributed by atoms with van der Waals surface area (Å²) >= 11 is 0. The molecule has 0 amide bonds. The Labute approximate surface area is 233 Å². The summed E-state index contributed by atoms with van der Waals surface area (Å²) in [4.78, 5) is 8.65. The standard InChI is InChI=1S/C32H32N4O4/c33-30-26-16-17-36(31(26)35-22-34-30)32-29(39-20-25-14-8-3-9-15-25)28(38-19-24-12-6-2-7-13-24)27(40-32)21-37-18-23-10-4-1-5-11-23/h1-17,22,27-29,32H,18-21H2,(H2,33,34,35)/t27-,28-,29+,32-/m1/s1. The predicted octanol–water partition coefficient (Wildman–Crippen LogP) is 5.30. The Balaban J connectivity index is 1.29. The monoisotopic (exact) mass is 536 g/mol. The average molecular weight is 537 g/mol. The van der Waals surface area contributed by atoms with Gasteiger partial charge in [0.2, 0.25) is 0 Å². The van der Waals surface area contributed by atoms with Crippen molar-refractivity contribution in [2.24, 2.45) is 0 Å². The van der Waals surface area contributed by atoms with Crippen LogP contribution in [0.5, 0.6) is 0 Å². The van der Waals surface area contributed by atoms with Crippen molar-refractivity contribution in [1.29, 1.82) is 0 Å². The second-order valence-electron chi connectivity index (χ2n) is 9.81. The lowest BCUT2D eigenvalue weighted by Crippen LogP contribution is -2.38. The van der Waals surface area contributed by atoms with Crippen LogP contribution in [-0.4, -0.2) is 39.5 Å². The zero-order chi connectivity index (χ0) is 27.1. The molecule has 0 radical (unpaired) electrons. The fourth-order valence-electron chi connectivity index (χ4n) is 5.04. The molecule has 3 heterocycles. The third-order valence-electron chi connectivity index (χ3n) is 7.06. The largest absolute Gasteiger partial charge is 0.383 e. The lowest BCUT2D eigenvalue weighted by Gasteiger charge is -2.26. The Morgan fingerprint density at radius 1 is 0.700 bits per heavy atom. The maximum Gasteiger partial charge on any atom is 0.164 e. The van der Waals surface area contributed by atoms with Crippen LogP contribution in [0.3, 0.4) is 0 Å². The summed E-state index contributed by atoms with van der Waals surface area (Å²) in [5.74, 6) is 0.420. The van der Waals surface area contributed by atoms with Crippen LogP contribution in [0.2, 0.25) is 0 Å². The number of nitrogens with zero attached hydrogens (tertiary/aromatic N) is 3. The van der Waals surface area contributed by atoms with Gasteiger partial charge < -0.3 is 29.2 Å². The van der Waals surface area contributed by atoms with Crippen LogP contribution in [-0.2, 0) is 38.8 Å². The highest BCUT2D eigenvalue weighted by molar-refractivity contribution is 5.86. The second kappa shape index (κ2) is 12.4. The zero-order valence-electron chi connectivity index (χ0n) is 22.1. The summed E-state index contributed by atoms with van der Waals surface area (Å²) in [5.41, 5.74) is 10.1. The van der Waals surface area contributed by atoms with Crippen molar-refractivity contribution in [3.8, 4) is 0 Å². The van der Waals surface area contributed by atoms with Crippen molar-refractivity contribution in [2.75, 3.05) is 12.3 Å². The molecule has 0 bridgehead atoms. The first-order chi connectivity index (χ1) is 19.8. The van der Waals surface area contributed by atoms with Crippen LogP contribution in [0.15, 0.2) is 110 Å². The molecule has 3 aromatic carbocycles. The highest BCUT2D eigenvalue weighted by Gasteiger charge is 2.48. The van der Waals surface area contributed by atoms with Gasteiger partial charge in [-0.15, -0.1) is 0 Å². The van der Waals surface area contributed by atoms with Gasteiger partial charge in [0.15, 0.2) is 6.23 Å². The maximum absolute atomic E-state index is 6.68. The summed E-state index contributed by atoms with van der Waals surface area (Å²) < 4.78 is 28.0. The first kappa shape index (κ1) is 26.2. The molecule has 0 saturated carbocycles. The van der Waals surface area contributed by atoms with Gasteiger partial charge in [-0.25, -0.2) is 9.97 Å². The number of hydrogen-bond acceptors (Lipinski definition) is 7. The van der Waals surface area contributed by atoms with Crippen LogP contribution in [0.1, 0.15) is 22.9 Å². The van der Waals surface area contributed by atoms with Gasteiger partial charge in [0, 0.05) is 6.20 Å². The van der Waals surface area contributed by atoms with E-state index in [1.807, 2.05) is 108 Å². The molecule has 0 unspecified atom stereocenters. The van der Waals surface area contributed by atoms with E-state index in [2.05, 4.69) is 9.97 Å². The minimum absolute atomic E-state index is 0.340. The van der Waals surface area contributed by atoms with E-state index in [1.165, 1.54) is 6.33 Å². The van der Waals surface area contributed by atoms with Gasteiger partial charge in [-0.3, -0.25) is 0 Å². The van der Waals surface area contributed by atoms with Crippen LogP contribution >= 0.6 is 0 Å². The third-order valence-corrected chi connectivity index (χ3v) is 7.06. The third kappa shape index (κ3) is 5.90. The van der Waals surface area contributed by atoms with E-state index >= 15 is 0 Å². The molecule has 0 aliphatic carbocycles. The van der Waals surface area contributed by atoms with Gasteiger partial charge in [-0.2, -0.15) is 0 Å². The first-order valence-corrected chi connectivity index (χ1v) is 13.4. The Kier molecular flexibility index (Phi) is 8.11. The minimum atomic E-state index is -0.512. The fraction of sp³-hybridized carbons (Fsp3) is 0.250. The van der Waals surface area contributed by atoms with Crippen molar-refractivity contribution in [1.82, 2.24) is 14.5 Å². The molecule has 1 aliphatic heterocycles. The SMILES string of the molecule is Nc1ncnc2c1ccn2[C@@H]1O[C@H](COCc2ccccc2)[C@@H](OCc2ccccc2)[C@@H]1OCc1ccccc1. The van der Waals surface area contributed by atoms with Gasteiger partial charge in [0.25, 0.3) is 0 Å². The summed E-state index contributed by atoms with van der Waals surface area (Å²) in [6, 6.07) is 32.2. The highest BCUT2D eigenvalue weighted by atomic mass is 16.6. The Morgan fingerprint density at radius 3 is 1.90 bits per heavy atom. The summed E-state index contributed by atoms with van der Waals surface area (Å²) in [6.45, 7) is 1.64. The topological polar surface area (TPSA) is 93.7 Å². The Hall–Kier alpha value is -4.08. The van der Waals surface area contributed by atoms with Crippen molar-refractivity contribution in [3.05, 3.63) is 126 Å². The number of benzene rings is 3. The van der Waals surface area contributed by atoms with Gasteiger partial charge in [0.1, 0.15) is 36.1 Å². The molecule has 8 heteroatoms. The van der Waals surface area contributed by atoms with E-state index in [0.717, 1.165) is 22.1 Å². The van der Waals surface area contributed by atoms with Gasteiger partial charge in [-0.05, 0) is 22.8 Å². The first-order valence-electron chi connectivity index (χ1n) is 13.4. The number of rotatable bonds is 11.